The summed E-state index contributed by atoms with van der Waals surface area (Å²) < 4.78 is 1.74. The molecule has 0 saturated heterocycles. The van der Waals surface area contributed by atoms with Crippen LogP contribution in [-0.2, 0) is 11.3 Å². The van der Waals surface area contributed by atoms with Crippen molar-refractivity contribution in [3.63, 3.8) is 0 Å². The Bertz CT molecular complexity index is 925. The summed E-state index contributed by atoms with van der Waals surface area (Å²) in [5, 5.41) is 9.13. The Labute approximate surface area is 152 Å². The molecule has 0 atom stereocenters. The van der Waals surface area contributed by atoms with Crippen LogP contribution >= 0.6 is 0 Å². The molecular formula is C20H22N4O2. The van der Waals surface area contributed by atoms with E-state index in [-0.39, 0.29) is 11.8 Å². The molecule has 0 unspecified atom stereocenters. The van der Waals surface area contributed by atoms with E-state index in [9.17, 15) is 9.59 Å². The highest BCUT2D eigenvalue weighted by atomic mass is 16.2. The largest absolute Gasteiger partial charge is 0.349 e. The van der Waals surface area contributed by atoms with Crippen LogP contribution in [0.2, 0.25) is 0 Å². The van der Waals surface area contributed by atoms with E-state index in [4.69, 9.17) is 0 Å². The van der Waals surface area contributed by atoms with Gasteiger partial charge in [0.2, 0.25) is 5.91 Å². The molecule has 6 nitrogen and oxygen atoms in total. The monoisotopic (exact) mass is 350 g/mol. The predicted octanol–water partition coefficient (Wildman–Crippen LogP) is 3.16. The summed E-state index contributed by atoms with van der Waals surface area (Å²) in [5.41, 5.74) is 0.620. The van der Waals surface area contributed by atoms with Gasteiger partial charge in [-0.25, -0.2) is 0 Å². The Morgan fingerprint density at radius 2 is 1.85 bits per heavy atom. The Kier molecular flexibility index (Phi) is 5.31. The summed E-state index contributed by atoms with van der Waals surface area (Å²) in [4.78, 5) is 25.8. The van der Waals surface area contributed by atoms with Crippen LogP contribution in [-0.4, -0.2) is 40.6 Å². The van der Waals surface area contributed by atoms with Crippen LogP contribution in [0.5, 0.6) is 0 Å². The van der Waals surface area contributed by atoms with E-state index >= 15 is 0 Å². The summed E-state index contributed by atoms with van der Waals surface area (Å²) in [6.45, 7) is 0.629. The molecule has 0 aliphatic carbocycles. The molecule has 2 amide bonds. The van der Waals surface area contributed by atoms with Crippen molar-refractivity contribution in [3.8, 4) is 0 Å². The molecule has 1 heterocycles. The minimum atomic E-state index is -0.185. The quantitative estimate of drug-likeness (QED) is 0.742. The Hall–Kier alpha value is -3.15. The second kappa shape index (κ2) is 7.82. The molecule has 0 aliphatic rings. The molecule has 2 aromatic carbocycles. The van der Waals surface area contributed by atoms with Crippen molar-refractivity contribution in [2.75, 3.05) is 19.4 Å². The molecule has 1 N–H and O–H groups in total. The number of anilines is 1. The lowest BCUT2D eigenvalue weighted by atomic mass is 10.0. The lowest BCUT2D eigenvalue weighted by Crippen LogP contribution is -2.21. The van der Waals surface area contributed by atoms with Crippen molar-refractivity contribution in [2.24, 2.45) is 0 Å². The van der Waals surface area contributed by atoms with E-state index in [1.54, 1.807) is 35.9 Å². The summed E-state index contributed by atoms with van der Waals surface area (Å²) in [6.07, 6.45) is 2.98. The third kappa shape index (κ3) is 4.08. The summed E-state index contributed by atoms with van der Waals surface area (Å²) in [7, 11) is 3.49. The fraction of sp³-hybridized carbons (Fsp3) is 0.250. The van der Waals surface area contributed by atoms with Gasteiger partial charge in [0.15, 0.2) is 5.82 Å². The highest BCUT2D eigenvalue weighted by molar-refractivity contribution is 6.12. The van der Waals surface area contributed by atoms with Crippen molar-refractivity contribution >= 4 is 28.4 Å². The summed E-state index contributed by atoms with van der Waals surface area (Å²) in [5.74, 6) is 0.415. The number of hydrogen-bond donors (Lipinski definition) is 1. The maximum absolute atomic E-state index is 12.6. The molecule has 3 aromatic rings. The maximum atomic E-state index is 12.6. The molecule has 0 aliphatic heterocycles. The average molecular weight is 350 g/mol. The standard InChI is InChI=1S/C20H22N4O2/c1-23(2)19(25)11-6-13-24-14-12-18(22-24)21-20(26)17-10-5-8-15-7-3-4-9-16(15)17/h3-5,7-10,12,14H,6,11,13H2,1-2H3,(H,21,22,26). The first-order valence-corrected chi connectivity index (χ1v) is 8.57. The van der Waals surface area contributed by atoms with Crippen LogP contribution in [0.15, 0.2) is 54.7 Å². The van der Waals surface area contributed by atoms with Crippen molar-refractivity contribution in [1.82, 2.24) is 14.7 Å². The fourth-order valence-electron chi connectivity index (χ4n) is 2.78. The lowest BCUT2D eigenvalue weighted by Gasteiger charge is -2.09. The summed E-state index contributed by atoms with van der Waals surface area (Å²) >= 11 is 0. The minimum Gasteiger partial charge on any atom is -0.349 e. The topological polar surface area (TPSA) is 67.2 Å². The molecule has 3 rings (SSSR count). The molecule has 0 radical (unpaired) electrons. The first kappa shape index (κ1) is 17.7. The molecule has 0 fully saturated rings. The highest BCUT2D eigenvalue weighted by Crippen LogP contribution is 2.19. The highest BCUT2D eigenvalue weighted by Gasteiger charge is 2.11. The molecule has 0 bridgehead atoms. The zero-order valence-electron chi connectivity index (χ0n) is 15.0. The molecule has 1 aromatic heterocycles. The molecule has 134 valence electrons. The van der Waals surface area contributed by atoms with Gasteiger partial charge in [-0.1, -0.05) is 36.4 Å². The van der Waals surface area contributed by atoms with Crippen LogP contribution in [0.1, 0.15) is 23.2 Å². The van der Waals surface area contributed by atoms with Gasteiger partial charge in [-0.2, -0.15) is 5.10 Å². The molecule has 0 spiro atoms. The van der Waals surface area contributed by atoms with E-state index in [1.807, 2.05) is 42.5 Å². The molecular weight excluding hydrogens is 328 g/mol. The predicted molar refractivity (Wildman–Crippen MR) is 102 cm³/mol. The summed E-state index contributed by atoms with van der Waals surface area (Å²) in [6, 6.07) is 15.2. The van der Waals surface area contributed by atoms with E-state index < -0.39 is 0 Å². The second-order valence-corrected chi connectivity index (χ2v) is 6.34. The first-order chi connectivity index (χ1) is 12.5. The van der Waals surface area contributed by atoms with Gasteiger partial charge >= 0.3 is 0 Å². The normalized spacial score (nSPS) is 10.7. The van der Waals surface area contributed by atoms with E-state index in [0.717, 1.165) is 10.8 Å². The number of hydrogen-bond acceptors (Lipinski definition) is 3. The van der Waals surface area contributed by atoms with Gasteiger partial charge in [-0.3, -0.25) is 14.3 Å². The van der Waals surface area contributed by atoms with Crippen LogP contribution in [0.4, 0.5) is 5.82 Å². The SMILES string of the molecule is CN(C)C(=O)CCCn1ccc(NC(=O)c2cccc3ccccc23)n1. The van der Waals surface area contributed by atoms with Gasteiger partial charge in [0.25, 0.3) is 5.91 Å². The van der Waals surface area contributed by atoms with Crippen molar-refractivity contribution < 1.29 is 9.59 Å². The van der Waals surface area contributed by atoms with Gasteiger partial charge in [0.05, 0.1) is 0 Å². The lowest BCUT2D eigenvalue weighted by molar-refractivity contribution is -0.128. The Morgan fingerprint density at radius 3 is 2.65 bits per heavy atom. The zero-order chi connectivity index (χ0) is 18.5. The number of amides is 2. The number of fused-ring (bicyclic) bond motifs is 1. The van der Waals surface area contributed by atoms with E-state index in [2.05, 4.69) is 10.4 Å². The second-order valence-electron chi connectivity index (χ2n) is 6.34. The van der Waals surface area contributed by atoms with Crippen molar-refractivity contribution in [2.45, 2.75) is 19.4 Å². The van der Waals surface area contributed by atoms with E-state index in [0.29, 0.717) is 30.8 Å². The number of aryl methyl sites for hydroxylation is 1. The van der Waals surface area contributed by atoms with E-state index in [1.165, 1.54) is 0 Å². The first-order valence-electron chi connectivity index (χ1n) is 8.57. The number of rotatable bonds is 6. The number of nitrogens with zero attached hydrogens (tertiary/aromatic N) is 3. The van der Waals surface area contributed by atoms with Crippen LogP contribution in [0, 0.1) is 0 Å². The smallest absolute Gasteiger partial charge is 0.257 e. The minimum absolute atomic E-state index is 0.0987. The van der Waals surface area contributed by atoms with Gasteiger partial charge in [-0.15, -0.1) is 0 Å². The molecule has 26 heavy (non-hydrogen) atoms. The van der Waals surface area contributed by atoms with Gasteiger partial charge in [-0.05, 0) is 23.3 Å². The van der Waals surface area contributed by atoms with Gasteiger partial charge < -0.3 is 10.2 Å². The van der Waals surface area contributed by atoms with Gasteiger partial charge in [0, 0.05) is 44.9 Å². The number of carbonyl (C=O) groups is 2. The molecule has 6 heteroatoms. The third-order valence-electron chi connectivity index (χ3n) is 4.19. The van der Waals surface area contributed by atoms with Crippen LogP contribution in [0.25, 0.3) is 10.8 Å². The Balaban J connectivity index is 1.63. The maximum Gasteiger partial charge on any atom is 0.257 e. The zero-order valence-corrected chi connectivity index (χ0v) is 15.0. The number of benzene rings is 2. The average Bonchev–Trinajstić information content (AvgIpc) is 3.08. The van der Waals surface area contributed by atoms with Crippen LogP contribution in [0.3, 0.4) is 0 Å². The fourth-order valence-corrected chi connectivity index (χ4v) is 2.78. The van der Waals surface area contributed by atoms with Crippen molar-refractivity contribution in [1.29, 1.82) is 0 Å². The third-order valence-corrected chi connectivity index (χ3v) is 4.19. The number of carbonyl (C=O) groups excluding carboxylic acids is 2. The number of aromatic nitrogens is 2. The van der Waals surface area contributed by atoms with Gasteiger partial charge in [0.1, 0.15) is 0 Å². The van der Waals surface area contributed by atoms with Crippen molar-refractivity contribution in [3.05, 3.63) is 60.3 Å². The number of nitrogens with one attached hydrogen (secondary N) is 1. The van der Waals surface area contributed by atoms with Crippen LogP contribution < -0.4 is 5.32 Å². The molecule has 0 saturated carbocycles. The Morgan fingerprint density at radius 1 is 1.08 bits per heavy atom.